The van der Waals surface area contributed by atoms with Crippen LogP contribution in [0.1, 0.15) is 12.6 Å². The summed E-state index contributed by atoms with van der Waals surface area (Å²) in [5.41, 5.74) is 5.42. The van der Waals surface area contributed by atoms with Gasteiger partial charge in [-0.25, -0.2) is 4.63 Å². The molecule has 0 aliphatic heterocycles. The Morgan fingerprint density at radius 2 is 2.39 bits per heavy atom. The van der Waals surface area contributed by atoms with Crippen LogP contribution in [-0.4, -0.2) is 55.2 Å². The van der Waals surface area contributed by atoms with E-state index in [2.05, 4.69) is 25.4 Å². The van der Waals surface area contributed by atoms with Gasteiger partial charge in [0.1, 0.15) is 11.5 Å². The lowest BCUT2D eigenvalue weighted by Crippen LogP contribution is -2.25. The van der Waals surface area contributed by atoms with Crippen molar-refractivity contribution in [3.05, 3.63) is 5.69 Å². The molecule has 0 aromatic carbocycles. The number of rotatable bonds is 7. The largest absolute Gasteiger partial charge is 0.616 e. The Kier molecular flexibility index (Phi) is 5.68. The Hall–Kier alpha value is -1.52. The molecule has 0 saturated heterocycles. The van der Waals surface area contributed by atoms with E-state index in [1.807, 2.05) is 0 Å². The number of hydrogen-bond donors (Lipinski definition) is 4. The van der Waals surface area contributed by atoms with Gasteiger partial charge in [0.25, 0.3) is 0 Å². The molecular formula is C8H15N5O4S. The molecule has 0 aliphatic carbocycles. The van der Waals surface area contributed by atoms with Crippen molar-refractivity contribution in [3.63, 3.8) is 0 Å². The summed E-state index contributed by atoms with van der Waals surface area (Å²) >= 11 is -1.13. The van der Waals surface area contributed by atoms with Gasteiger partial charge in [0, 0.05) is 0 Å². The summed E-state index contributed by atoms with van der Waals surface area (Å²) in [5.74, 6) is 0.516. The van der Waals surface area contributed by atoms with Gasteiger partial charge >= 0.3 is 0 Å². The average Bonchev–Trinajstić information content (AvgIpc) is 2.75. The number of hydrogen-bond acceptors (Lipinski definition) is 8. The lowest BCUT2D eigenvalue weighted by atomic mass is 10.4. The summed E-state index contributed by atoms with van der Waals surface area (Å²) in [7, 11) is 0. The summed E-state index contributed by atoms with van der Waals surface area (Å²) in [4.78, 5) is 0. The molecule has 1 aromatic rings. The topological polar surface area (TPSA) is 153 Å². The van der Waals surface area contributed by atoms with Gasteiger partial charge in [-0.2, -0.15) is 0 Å². The van der Waals surface area contributed by atoms with Gasteiger partial charge in [-0.05, 0) is 28.4 Å². The molecule has 0 fully saturated rings. The number of anilines is 1. The molecule has 0 saturated carbocycles. The minimum Gasteiger partial charge on any atom is -0.616 e. The van der Waals surface area contributed by atoms with Crippen molar-refractivity contribution in [3.8, 4) is 0 Å². The number of aliphatic hydroxyl groups is 1. The average molecular weight is 277 g/mol. The monoisotopic (exact) mass is 277 g/mol. The molecule has 1 rings (SSSR count). The molecule has 9 nitrogen and oxygen atoms in total. The van der Waals surface area contributed by atoms with Crippen molar-refractivity contribution in [2.24, 2.45) is 10.9 Å². The summed E-state index contributed by atoms with van der Waals surface area (Å²) in [6, 6.07) is 0. The number of nitrogens with two attached hydrogens (primary N) is 1. The van der Waals surface area contributed by atoms with Gasteiger partial charge in [-0.1, -0.05) is 5.16 Å². The number of aliphatic hydroxyl groups excluding tert-OH is 1. The molecule has 2 atom stereocenters. The molecular weight excluding hydrogens is 262 g/mol. The first-order valence-electron chi connectivity index (χ1n) is 5.12. The second kappa shape index (κ2) is 7.03. The smallest absolute Gasteiger partial charge is 0.202 e. The van der Waals surface area contributed by atoms with Crippen molar-refractivity contribution in [2.75, 3.05) is 23.4 Å². The zero-order valence-corrected chi connectivity index (χ0v) is 10.6. The number of amidine groups is 1. The number of nitrogens with one attached hydrogen (secondary N) is 1. The molecule has 1 heterocycles. The van der Waals surface area contributed by atoms with Crippen molar-refractivity contribution in [1.29, 1.82) is 0 Å². The Morgan fingerprint density at radius 1 is 1.67 bits per heavy atom. The Bertz CT molecular complexity index is 397. The third-order valence-corrected chi connectivity index (χ3v) is 3.40. The van der Waals surface area contributed by atoms with Crippen LogP contribution in [0.4, 0.5) is 5.82 Å². The molecule has 5 N–H and O–H groups in total. The lowest BCUT2D eigenvalue weighted by Gasteiger charge is -2.12. The summed E-state index contributed by atoms with van der Waals surface area (Å²) < 4.78 is 15.9. The molecule has 10 heteroatoms. The minimum absolute atomic E-state index is 0.0822. The third kappa shape index (κ3) is 4.39. The van der Waals surface area contributed by atoms with E-state index in [0.717, 1.165) is 0 Å². The maximum atomic E-state index is 11.4. The van der Waals surface area contributed by atoms with Gasteiger partial charge < -0.3 is 25.9 Å². The van der Waals surface area contributed by atoms with Crippen LogP contribution in [0.3, 0.4) is 0 Å². The van der Waals surface area contributed by atoms with E-state index in [1.54, 1.807) is 6.92 Å². The highest BCUT2D eigenvalue weighted by Gasteiger charge is 2.15. The first-order valence-corrected chi connectivity index (χ1v) is 6.60. The Labute approximate surface area is 106 Å². The highest BCUT2D eigenvalue weighted by Crippen LogP contribution is 2.08. The summed E-state index contributed by atoms with van der Waals surface area (Å²) in [6.45, 7) is 1.91. The van der Waals surface area contributed by atoms with Crippen LogP contribution in [0, 0.1) is 0 Å². The number of aromatic nitrogens is 2. The highest BCUT2D eigenvalue weighted by atomic mass is 32.2. The van der Waals surface area contributed by atoms with E-state index < -0.39 is 17.3 Å². The van der Waals surface area contributed by atoms with Crippen LogP contribution in [0.25, 0.3) is 0 Å². The van der Waals surface area contributed by atoms with Gasteiger partial charge in [0.05, 0.1) is 12.6 Å². The van der Waals surface area contributed by atoms with Gasteiger partial charge in [0.2, 0.25) is 5.82 Å². The van der Waals surface area contributed by atoms with Crippen molar-refractivity contribution in [2.45, 2.75) is 13.0 Å². The first kappa shape index (κ1) is 14.5. The molecule has 0 amide bonds. The lowest BCUT2D eigenvalue weighted by molar-refractivity contribution is 0.218. The van der Waals surface area contributed by atoms with Crippen LogP contribution >= 0.6 is 0 Å². The third-order valence-electron chi connectivity index (χ3n) is 1.89. The molecule has 2 unspecified atom stereocenters. The number of oxime groups is 1. The predicted molar refractivity (Wildman–Crippen MR) is 64.9 cm³/mol. The van der Waals surface area contributed by atoms with Gasteiger partial charge in [-0.15, -0.1) is 0 Å². The van der Waals surface area contributed by atoms with E-state index >= 15 is 0 Å². The SMILES string of the molecule is CC(O)C[S+]([O-])CCNc1nonc1/C(N)=N\O. The second-order valence-corrected chi connectivity index (χ2v) is 5.15. The Balaban J connectivity index is 2.42. The Morgan fingerprint density at radius 3 is 3.00 bits per heavy atom. The van der Waals surface area contributed by atoms with Crippen molar-refractivity contribution < 1.29 is 19.5 Å². The summed E-state index contributed by atoms with van der Waals surface area (Å²) in [5, 5.41) is 30.1. The van der Waals surface area contributed by atoms with Crippen LogP contribution in [0.15, 0.2) is 9.78 Å². The second-order valence-electron chi connectivity index (χ2n) is 3.53. The first-order chi connectivity index (χ1) is 8.54. The van der Waals surface area contributed by atoms with Gasteiger partial charge in [0.15, 0.2) is 11.5 Å². The maximum Gasteiger partial charge on any atom is 0.202 e. The highest BCUT2D eigenvalue weighted by molar-refractivity contribution is 7.91. The van der Waals surface area contributed by atoms with Crippen LogP contribution in [0.5, 0.6) is 0 Å². The van der Waals surface area contributed by atoms with E-state index in [-0.39, 0.29) is 23.1 Å². The molecule has 0 spiro atoms. The molecule has 0 aliphatic rings. The fraction of sp³-hybridized carbons (Fsp3) is 0.625. The fourth-order valence-corrected chi connectivity index (χ4v) is 2.19. The zero-order valence-electron chi connectivity index (χ0n) is 9.74. The summed E-state index contributed by atoms with van der Waals surface area (Å²) in [6.07, 6.45) is -0.604. The van der Waals surface area contributed by atoms with Crippen molar-refractivity contribution >= 4 is 22.8 Å². The molecule has 0 bridgehead atoms. The zero-order chi connectivity index (χ0) is 13.5. The predicted octanol–water partition coefficient (Wildman–Crippen LogP) is -1.29. The number of nitrogens with zero attached hydrogens (tertiary/aromatic N) is 3. The standard InChI is InChI=1S/C8H15N5O4S/c1-5(14)4-18(16)3-2-10-8-6(7(9)11-15)12-17-13-8/h5,14-15H,2-4H2,1H3,(H2,9,11)(H,10,13). The fourth-order valence-electron chi connectivity index (χ4n) is 1.16. The van der Waals surface area contributed by atoms with E-state index in [1.165, 1.54) is 0 Å². The maximum absolute atomic E-state index is 11.4. The quantitative estimate of drug-likeness (QED) is 0.158. The van der Waals surface area contributed by atoms with Crippen LogP contribution in [0.2, 0.25) is 0 Å². The minimum atomic E-state index is -1.13. The van der Waals surface area contributed by atoms with E-state index in [0.29, 0.717) is 12.3 Å². The van der Waals surface area contributed by atoms with E-state index in [9.17, 15) is 4.55 Å². The molecule has 0 radical (unpaired) electrons. The molecule has 102 valence electrons. The van der Waals surface area contributed by atoms with Crippen LogP contribution < -0.4 is 11.1 Å². The van der Waals surface area contributed by atoms with Crippen LogP contribution in [-0.2, 0) is 11.2 Å². The molecule has 1 aromatic heterocycles. The molecule has 18 heavy (non-hydrogen) atoms. The normalized spacial score (nSPS) is 15.4. The van der Waals surface area contributed by atoms with Crippen molar-refractivity contribution in [1.82, 2.24) is 10.3 Å². The van der Waals surface area contributed by atoms with E-state index in [4.69, 9.17) is 16.0 Å². The van der Waals surface area contributed by atoms with Gasteiger partial charge in [-0.3, -0.25) is 0 Å².